The van der Waals surface area contributed by atoms with Crippen LogP contribution in [0.15, 0.2) is 18.2 Å². The maximum absolute atomic E-state index is 10.2. The molecular formula is C17H24O. The monoisotopic (exact) mass is 244 g/mol. The third-order valence-electron chi connectivity index (χ3n) is 6.07. The van der Waals surface area contributed by atoms with Crippen LogP contribution in [0.2, 0.25) is 0 Å². The molecule has 1 heteroatoms. The van der Waals surface area contributed by atoms with Crippen LogP contribution in [0, 0.1) is 30.1 Å². The smallest absolute Gasteiger partial charge is 0.119 e. The van der Waals surface area contributed by atoms with Gasteiger partial charge >= 0.3 is 0 Å². The lowest BCUT2D eigenvalue weighted by Crippen LogP contribution is -2.32. The molecule has 4 atom stereocenters. The zero-order valence-corrected chi connectivity index (χ0v) is 11.9. The fourth-order valence-electron chi connectivity index (χ4n) is 4.48. The molecule has 2 aliphatic rings. The highest BCUT2D eigenvalue weighted by atomic mass is 16.3. The van der Waals surface area contributed by atoms with Crippen LogP contribution in [0.25, 0.3) is 0 Å². The van der Waals surface area contributed by atoms with Crippen molar-refractivity contribution in [3.05, 3.63) is 29.3 Å². The zero-order chi connectivity index (χ0) is 13.1. The minimum absolute atomic E-state index is 0.488. The summed E-state index contributed by atoms with van der Waals surface area (Å²) in [6.07, 6.45) is 2.62. The first-order valence-corrected chi connectivity index (χ1v) is 7.20. The Labute approximate surface area is 110 Å². The first kappa shape index (κ1) is 12.1. The summed E-state index contributed by atoms with van der Waals surface area (Å²) in [7, 11) is 0. The van der Waals surface area contributed by atoms with Crippen LogP contribution in [0.3, 0.4) is 0 Å². The lowest BCUT2D eigenvalue weighted by molar-refractivity contribution is 0.121. The van der Waals surface area contributed by atoms with Gasteiger partial charge in [-0.1, -0.05) is 32.9 Å². The van der Waals surface area contributed by atoms with Gasteiger partial charge in [-0.2, -0.15) is 0 Å². The standard InChI is InChI=1S/C17H24O/c1-10-5-6-13(16(18)7-10)15-9-12-8-14(15)11(2)17(12,3)4/h5-7,11-12,14-15,18H,8-9H2,1-4H3/t11-,12+,14-,15+/m0/s1. The molecule has 1 aromatic rings. The Balaban J connectivity index is 1.93. The van der Waals surface area contributed by atoms with Gasteiger partial charge in [0, 0.05) is 0 Å². The first-order valence-electron chi connectivity index (χ1n) is 7.20. The highest BCUT2D eigenvalue weighted by molar-refractivity contribution is 5.40. The normalized spacial score (nSPS) is 37.1. The number of benzene rings is 1. The minimum atomic E-state index is 0.488. The summed E-state index contributed by atoms with van der Waals surface area (Å²) < 4.78 is 0. The molecule has 2 saturated carbocycles. The Morgan fingerprint density at radius 1 is 1.22 bits per heavy atom. The maximum Gasteiger partial charge on any atom is 0.119 e. The van der Waals surface area contributed by atoms with Crippen molar-refractivity contribution in [2.24, 2.45) is 23.2 Å². The number of fused-ring (bicyclic) bond motifs is 2. The molecule has 18 heavy (non-hydrogen) atoms. The number of rotatable bonds is 1. The SMILES string of the molecule is Cc1ccc([C@H]2C[C@H]3C[C@H]2[C@H](C)C3(C)C)c(O)c1. The van der Waals surface area contributed by atoms with Crippen molar-refractivity contribution in [2.75, 3.05) is 0 Å². The highest BCUT2D eigenvalue weighted by Crippen LogP contribution is 2.64. The van der Waals surface area contributed by atoms with Gasteiger partial charge in [-0.05, 0) is 66.0 Å². The van der Waals surface area contributed by atoms with Gasteiger partial charge in [0.25, 0.3) is 0 Å². The van der Waals surface area contributed by atoms with E-state index in [4.69, 9.17) is 0 Å². The molecule has 0 saturated heterocycles. The van der Waals surface area contributed by atoms with Gasteiger partial charge in [0.1, 0.15) is 5.75 Å². The molecule has 0 heterocycles. The summed E-state index contributed by atoms with van der Waals surface area (Å²) in [6, 6.07) is 6.20. The topological polar surface area (TPSA) is 20.2 Å². The molecule has 1 aromatic carbocycles. The maximum atomic E-state index is 10.2. The number of hydrogen-bond acceptors (Lipinski definition) is 1. The van der Waals surface area contributed by atoms with E-state index >= 15 is 0 Å². The second kappa shape index (κ2) is 3.76. The van der Waals surface area contributed by atoms with Crippen molar-refractivity contribution in [3.8, 4) is 5.75 Å². The van der Waals surface area contributed by atoms with Gasteiger partial charge in [0.15, 0.2) is 0 Å². The van der Waals surface area contributed by atoms with E-state index in [1.54, 1.807) is 0 Å². The third kappa shape index (κ3) is 1.52. The lowest BCUT2D eigenvalue weighted by atomic mass is 9.65. The largest absolute Gasteiger partial charge is 0.508 e. The molecule has 2 bridgehead atoms. The summed E-state index contributed by atoms with van der Waals surface area (Å²) in [5.41, 5.74) is 2.82. The Morgan fingerprint density at radius 2 is 1.94 bits per heavy atom. The molecule has 0 unspecified atom stereocenters. The van der Waals surface area contributed by atoms with Gasteiger partial charge < -0.3 is 5.11 Å². The van der Waals surface area contributed by atoms with E-state index in [9.17, 15) is 5.11 Å². The molecule has 0 aliphatic heterocycles. The lowest BCUT2D eigenvalue weighted by Gasteiger charge is -2.40. The Morgan fingerprint density at radius 3 is 2.50 bits per heavy atom. The quantitative estimate of drug-likeness (QED) is 0.772. The van der Waals surface area contributed by atoms with Gasteiger partial charge in [-0.15, -0.1) is 0 Å². The van der Waals surface area contributed by atoms with Crippen LogP contribution < -0.4 is 0 Å². The zero-order valence-electron chi connectivity index (χ0n) is 11.9. The summed E-state index contributed by atoms with van der Waals surface area (Å²) in [5, 5.41) is 10.2. The molecule has 98 valence electrons. The molecule has 0 spiro atoms. The number of aryl methyl sites for hydroxylation is 1. The van der Waals surface area contributed by atoms with E-state index < -0.39 is 0 Å². The van der Waals surface area contributed by atoms with Gasteiger partial charge in [0.05, 0.1) is 0 Å². The predicted molar refractivity (Wildman–Crippen MR) is 74.7 cm³/mol. The second-order valence-corrected chi connectivity index (χ2v) is 7.11. The van der Waals surface area contributed by atoms with Gasteiger partial charge in [0.2, 0.25) is 0 Å². The summed E-state index contributed by atoms with van der Waals surface area (Å²) in [4.78, 5) is 0. The van der Waals surface area contributed by atoms with Crippen molar-refractivity contribution in [2.45, 2.75) is 46.5 Å². The van der Waals surface area contributed by atoms with Crippen molar-refractivity contribution in [1.29, 1.82) is 0 Å². The summed E-state index contributed by atoms with van der Waals surface area (Å²) >= 11 is 0. The fourth-order valence-corrected chi connectivity index (χ4v) is 4.48. The highest BCUT2D eigenvalue weighted by Gasteiger charge is 2.55. The number of phenols is 1. The van der Waals surface area contributed by atoms with E-state index in [0.717, 1.165) is 23.3 Å². The Bertz CT molecular complexity index is 470. The van der Waals surface area contributed by atoms with E-state index in [-0.39, 0.29) is 0 Å². The van der Waals surface area contributed by atoms with E-state index in [1.165, 1.54) is 18.4 Å². The van der Waals surface area contributed by atoms with E-state index in [2.05, 4.69) is 32.9 Å². The average Bonchev–Trinajstić information content (AvgIpc) is 2.79. The van der Waals surface area contributed by atoms with Crippen LogP contribution in [0.5, 0.6) is 5.75 Å². The second-order valence-electron chi connectivity index (χ2n) is 7.11. The fraction of sp³-hybridized carbons (Fsp3) is 0.647. The number of phenolic OH excluding ortho intramolecular Hbond substituents is 1. The van der Waals surface area contributed by atoms with E-state index in [0.29, 0.717) is 17.1 Å². The molecule has 1 nitrogen and oxygen atoms in total. The van der Waals surface area contributed by atoms with Crippen molar-refractivity contribution in [1.82, 2.24) is 0 Å². The molecule has 2 fully saturated rings. The van der Waals surface area contributed by atoms with Crippen LogP contribution >= 0.6 is 0 Å². The number of hydrogen-bond donors (Lipinski definition) is 1. The average molecular weight is 244 g/mol. The van der Waals surface area contributed by atoms with Crippen LogP contribution in [0.4, 0.5) is 0 Å². The minimum Gasteiger partial charge on any atom is -0.508 e. The van der Waals surface area contributed by atoms with Gasteiger partial charge in [-0.25, -0.2) is 0 Å². The molecule has 3 rings (SSSR count). The summed E-state index contributed by atoms with van der Waals surface area (Å²) in [5.74, 6) is 3.46. The van der Waals surface area contributed by atoms with Gasteiger partial charge in [-0.3, -0.25) is 0 Å². The Hall–Kier alpha value is -0.980. The van der Waals surface area contributed by atoms with Crippen LogP contribution in [-0.4, -0.2) is 5.11 Å². The molecule has 0 amide bonds. The van der Waals surface area contributed by atoms with Crippen molar-refractivity contribution < 1.29 is 5.11 Å². The number of aromatic hydroxyl groups is 1. The van der Waals surface area contributed by atoms with Crippen molar-refractivity contribution >= 4 is 0 Å². The Kier molecular flexibility index (Phi) is 2.52. The molecule has 1 N–H and O–H groups in total. The molecule has 2 aliphatic carbocycles. The van der Waals surface area contributed by atoms with E-state index in [1.807, 2.05) is 13.0 Å². The molecule has 0 radical (unpaired) electrons. The summed E-state index contributed by atoms with van der Waals surface area (Å²) in [6.45, 7) is 9.29. The first-order chi connectivity index (χ1) is 8.41. The van der Waals surface area contributed by atoms with Crippen molar-refractivity contribution in [3.63, 3.8) is 0 Å². The molecule has 0 aromatic heterocycles. The predicted octanol–water partition coefficient (Wildman–Crippen LogP) is 4.49. The molecular weight excluding hydrogens is 220 g/mol. The van der Waals surface area contributed by atoms with Crippen LogP contribution in [0.1, 0.15) is 50.7 Å². The third-order valence-corrected chi connectivity index (χ3v) is 6.07. The van der Waals surface area contributed by atoms with Crippen LogP contribution in [-0.2, 0) is 0 Å².